The van der Waals surface area contributed by atoms with Gasteiger partial charge in [-0.2, -0.15) is 4.98 Å². The summed E-state index contributed by atoms with van der Waals surface area (Å²) in [4.78, 5) is 36.7. The largest absolute Gasteiger partial charge is 0.340 e. The second-order valence-corrected chi connectivity index (χ2v) is 9.36. The molecule has 0 bridgehead atoms. The van der Waals surface area contributed by atoms with Crippen LogP contribution in [0.5, 0.6) is 0 Å². The average Bonchev–Trinajstić information content (AvgIpc) is 3.55. The molecule has 2 aliphatic heterocycles. The van der Waals surface area contributed by atoms with Crippen LogP contribution < -0.4 is 4.90 Å². The number of benzene rings is 1. The van der Waals surface area contributed by atoms with Gasteiger partial charge in [0, 0.05) is 49.9 Å². The number of hydrogen-bond donors (Lipinski definition) is 0. The van der Waals surface area contributed by atoms with Gasteiger partial charge in [0.15, 0.2) is 0 Å². The fraction of sp³-hybridized carbons (Fsp3) is 0.364. The molecule has 10 heteroatoms. The summed E-state index contributed by atoms with van der Waals surface area (Å²) < 4.78 is 5.39. The van der Waals surface area contributed by atoms with E-state index in [0.29, 0.717) is 42.9 Å². The maximum Gasteiger partial charge on any atom is 0.241 e. The molecule has 1 aromatic carbocycles. The van der Waals surface area contributed by atoms with Crippen LogP contribution >= 0.6 is 22.9 Å². The van der Waals surface area contributed by atoms with E-state index >= 15 is 0 Å². The highest BCUT2D eigenvalue weighted by Crippen LogP contribution is 2.28. The number of nitrogens with zero attached hydrogens (tertiary/aromatic N) is 5. The molecule has 2 saturated heterocycles. The van der Waals surface area contributed by atoms with E-state index in [0.717, 1.165) is 23.7 Å². The summed E-state index contributed by atoms with van der Waals surface area (Å²) in [5, 5.41) is 6.61. The van der Waals surface area contributed by atoms with E-state index in [4.69, 9.17) is 16.1 Å². The lowest BCUT2D eigenvalue weighted by Crippen LogP contribution is -2.50. The van der Waals surface area contributed by atoms with Crippen LogP contribution in [-0.4, -0.2) is 64.5 Å². The monoisotopic (exact) mass is 471 g/mol. The Morgan fingerprint density at radius 1 is 1.19 bits per heavy atom. The van der Waals surface area contributed by atoms with Crippen molar-refractivity contribution in [3.8, 4) is 10.7 Å². The molecule has 5 rings (SSSR count). The highest BCUT2D eigenvalue weighted by Gasteiger charge is 2.38. The molecule has 2 amide bonds. The summed E-state index contributed by atoms with van der Waals surface area (Å²) >= 11 is 7.63. The quantitative estimate of drug-likeness (QED) is 0.568. The molecule has 8 nitrogen and oxygen atoms in total. The Hall–Kier alpha value is -2.75. The van der Waals surface area contributed by atoms with Crippen molar-refractivity contribution in [2.75, 3.05) is 37.6 Å². The van der Waals surface area contributed by atoms with Crippen molar-refractivity contribution in [1.29, 1.82) is 0 Å². The lowest BCUT2D eigenvalue weighted by Gasteiger charge is -2.35. The number of rotatable bonds is 5. The number of carbonyl (C=O) groups excluding carboxylic acids is 2. The van der Waals surface area contributed by atoms with E-state index < -0.39 is 0 Å². The molecule has 2 aliphatic rings. The summed E-state index contributed by atoms with van der Waals surface area (Å²) in [5.41, 5.74) is 0.740. The summed E-state index contributed by atoms with van der Waals surface area (Å²) in [6.45, 7) is 3.64. The molecular weight excluding hydrogens is 450 g/mol. The summed E-state index contributed by atoms with van der Waals surface area (Å²) in [6.07, 6.45) is 0.235. The Labute approximate surface area is 194 Å². The number of thiophene rings is 1. The molecule has 166 valence electrons. The highest BCUT2D eigenvalue weighted by molar-refractivity contribution is 7.13. The SMILES string of the molecule is O=C(C1CC(=O)N(c2cccc(Cl)c2)C1)N1CCN(Cc2nc(-c3cccs3)no2)CC1. The maximum absolute atomic E-state index is 13.1. The second-order valence-electron chi connectivity index (χ2n) is 7.98. The molecule has 2 fully saturated rings. The van der Waals surface area contributed by atoms with Crippen molar-refractivity contribution in [1.82, 2.24) is 19.9 Å². The lowest BCUT2D eigenvalue weighted by atomic mass is 10.1. The maximum atomic E-state index is 13.1. The first kappa shape index (κ1) is 21.1. The van der Waals surface area contributed by atoms with E-state index in [-0.39, 0.29) is 24.2 Å². The van der Waals surface area contributed by atoms with Gasteiger partial charge in [0.05, 0.1) is 17.3 Å². The number of amides is 2. The zero-order valence-corrected chi connectivity index (χ0v) is 18.9. The third kappa shape index (κ3) is 4.41. The first-order chi connectivity index (χ1) is 15.6. The van der Waals surface area contributed by atoms with Crippen molar-refractivity contribution < 1.29 is 14.1 Å². The van der Waals surface area contributed by atoms with Crippen LogP contribution in [0.15, 0.2) is 46.3 Å². The molecule has 32 heavy (non-hydrogen) atoms. The van der Waals surface area contributed by atoms with Gasteiger partial charge < -0.3 is 14.3 Å². The molecule has 0 spiro atoms. The number of hydrogen-bond acceptors (Lipinski definition) is 7. The van der Waals surface area contributed by atoms with E-state index in [1.807, 2.05) is 34.5 Å². The molecule has 0 radical (unpaired) electrons. The minimum absolute atomic E-state index is 0.0396. The lowest BCUT2D eigenvalue weighted by molar-refractivity contribution is -0.137. The van der Waals surface area contributed by atoms with Crippen molar-refractivity contribution in [3.63, 3.8) is 0 Å². The predicted octanol–water partition coefficient (Wildman–Crippen LogP) is 3.15. The molecular formula is C22H22ClN5O3S. The average molecular weight is 472 g/mol. The smallest absolute Gasteiger partial charge is 0.241 e. The van der Waals surface area contributed by atoms with Gasteiger partial charge in [-0.15, -0.1) is 11.3 Å². The van der Waals surface area contributed by atoms with Crippen molar-refractivity contribution >= 4 is 40.4 Å². The van der Waals surface area contributed by atoms with Gasteiger partial charge in [-0.1, -0.05) is 28.9 Å². The Morgan fingerprint density at radius 2 is 2.03 bits per heavy atom. The first-order valence-corrected chi connectivity index (χ1v) is 11.8. The first-order valence-electron chi connectivity index (χ1n) is 10.5. The summed E-state index contributed by atoms with van der Waals surface area (Å²) in [7, 11) is 0. The number of piperazine rings is 1. The summed E-state index contributed by atoms with van der Waals surface area (Å²) in [5.74, 6) is 0.866. The van der Waals surface area contributed by atoms with Crippen molar-refractivity contribution in [3.05, 3.63) is 52.7 Å². The number of halogens is 1. The van der Waals surface area contributed by atoms with Gasteiger partial charge >= 0.3 is 0 Å². The van der Waals surface area contributed by atoms with Crippen LogP contribution in [0.1, 0.15) is 12.3 Å². The van der Waals surface area contributed by atoms with Gasteiger partial charge in [-0.3, -0.25) is 14.5 Å². The Balaban J connectivity index is 1.14. The summed E-state index contributed by atoms with van der Waals surface area (Å²) in [6, 6.07) is 11.1. The van der Waals surface area contributed by atoms with Crippen LogP contribution in [0, 0.1) is 5.92 Å². The van der Waals surface area contributed by atoms with Gasteiger partial charge in [0.25, 0.3) is 0 Å². The third-order valence-electron chi connectivity index (χ3n) is 5.85. The Kier molecular flexibility index (Phi) is 5.95. The fourth-order valence-corrected chi connectivity index (χ4v) is 5.00. The van der Waals surface area contributed by atoms with Crippen molar-refractivity contribution in [2.45, 2.75) is 13.0 Å². The van der Waals surface area contributed by atoms with E-state index in [1.165, 1.54) is 0 Å². The molecule has 0 aliphatic carbocycles. The predicted molar refractivity (Wildman–Crippen MR) is 121 cm³/mol. The number of carbonyl (C=O) groups is 2. The van der Waals surface area contributed by atoms with Gasteiger partial charge in [0.1, 0.15) is 0 Å². The van der Waals surface area contributed by atoms with Gasteiger partial charge in [0.2, 0.25) is 23.5 Å². The zero-order chi connectivity index (χ0) is 22.1. The van der Waals surface area contributed by atoms with Gasteiger partial charge in [-0.25, -0.2) is 0 Å². The fourth-order valence-electron chi connectivity index (χ4n) is 4.17. The van der Waals surface area contributed by atoms with Crippen LogP contribution in [0.4, 0.5) is 5.69 Å². The normalized spacial score (nSPS) is 19.7. The number of anilines is 1. The molecule has 1 unspecified atom stereocenters. The van der Waals surface area contributed by atoms with E-state index in [2.05, 4.69) is 15.0 Å². The van der Waals surface area contributed by atoms with Crippen molar-refractivity contribution in [2.24, 2.45) is 5.92 Å². The number of aromatic nitrogens is 2. The van der Waals surface area contributed by atoms with Gasteiger partial charge in [-0.05, 0) is 29.6 Å². The molecule has 0 saturated carbocycles. The van der Waals surface area contributed by atoms with E-state index in [9.17, 15) is 9.59 Å². The molecule has 0 N–H and O–H groups in total. The molecule has 3 aromatic rings. The third-order valence-corrected chi connectivity index (χ3v) is 6.95. The molecule has 2 aromatic heterocycles. The minimum Gasteiger partial charge on any atom is -0.340 e. The standard InChI is InChI=1S/C22H22ClN5O3S/c23-16-3-1-4-17(12-16)28-13-15(11-20(28)29)22(30)27-8-6-26(7-9-27)14-19-24-21(25-31-19)18-5-2-10-32-18/h1-5,10,12,15H,6-9,11,13-14H2. The Bertz CT molecular complexity index is 1110. The van der Waals surface area contributed by atoms with Crippen LogP contribution in [0.3, 0.4) is 0 Å². The minimum atomic E-state index is -0.322. The van der Waals surface area contributed by atoms with Crippen LogP contribution in [0.25, 0.3) is 10.7 Å². The van der Waals surface area contributed by atoms with Crippen LogP contribution in [0.2, 0.25) is 5.02 Å². The topological polar surface area (TPSA) is 82.8 Å². The molecule has 1 atom stereocenters. The van der Waals surface area contributed by atoms with Crippen LogP contribution in [-0.2, 0) is 16.1 Å². The Morgan fingerprint density at radius 3 is 2.78 bits per heavy atom. The van der Waals surface area contributed by atoms with E-state index in [1.54, 1.807) is 28.4 Å². The zero-order valence-electron chi connectivity index (χ0n) is 17.3. The molecule has 4 heterocycles. The highest BCUT2D eigenvalue weighted by atomic mass is 35.5. The second kappa shape index (κ2) is 9.01.